The van der Waals surface area contributed by atoms with Crippen molar-refractivity contribution in [3.8, 4) is 0 Å². The van der Waals surface area contributed by atoms with Gasteiger partial charge in [0.15, 0.2) is 0 Å². The molecule has 0 aliphatic rings. The van der Waals surface area contributed by atoms with Crippen molar-refractivity contribution in [3.05, 3.63) is 126 Å². The van der Waals surface area contributed by atoms with E-state index >= 15 is 0 Å². The standard InChI is InChI=1S/C26H27N3/c1-25(2,19-27)24-18-29(20-28-24)26(21-12-6-3-7-13-21,22-14-8-4-9-15-22)23-16-10-5-11-17-23/h3-18,20H,19,27H2,1-2H3. The fourth-order valence-corrected chi connectivity index (χ4v) is 3.95. The van der Waals surface area contributed by atoms with Crippen LogP contribution in [0, 0.1) is 0 Å². The maximum absolute atomic E-state index is 6.04. The van der Waals surface area contributed by atoms with E-state index in [2.05, 4.69) is 116 Å². The molecule has 0 aliphatic carbocycles. The number of hydrogen-bond donors (Lipinski definition) is 1. The normalized spacial score (nSPS) is 12.1. The van der Waals surface area contributed by atoms with E-state index in [0.717, 1.165) is 5.69 Å². The molecule has 3 heteroatoms. The van der Waals surface area contributed by atoms with Crippen molar-refractivity contribution >= 4 is 0 Å². The first-order chi connectivity index (χ1) is 14.1. The predicted octanol–water partition coefficient (Wildman–Crippen LogP) is 4.96. The maximum Gasteiger partial charge on any atom is 0.121 e. The summed E-state index contributed by atoms with van der Waals surface area (Å²) in [5.41, 5.74) is 9.87. The molecule has 0 bridgehead atoms. The first kappa shape index (κ1) is 19.2. The first-order valence-corrected chi connectivity index (χ1v) is 10.0. The lowest BCUT2D eigenvalue weighted by atomic mass is 9.76. The van der Waals surface area contributed by atoms with E-state index in [1.165, 1.54) is 16.7 Å². The quantitative estimate of drug-likeness (QED) is 0.480. The van der Waals surface area contributed by atoms with E-state index in [1.807, 2.05) is 6.33 Å². The largest absolute Gasteiger partial charge is 0.330 e. The molecule has 29 heavy (non-hydrogen) atoms. The van der Waals surface area contributed by atoms with Crippen LogP contribution in [0.4, 0.5) is 0 Å². The van der Waals surface area contributed by atoms with E-state index in [9.17, 15) is 0 Å². The van der Waals surface area contributed by atoms with E-state index in [-0.39, 0.29) is 5.41 Å². The molecular weight excluding hydrogens is 354 g/mol. The van der Waals surface area contributed by atoms with E-state index in [0.29, 0.717) is 6.54 Å². The SMILES string of the molecule is CC(C)(CN)c1cn(C(c2ccccc2)(c2ccccc2)c2ccccc2)cn1. The minimum absolute atomic E-state index is 0.193. The highest BCUT2D eigenvalue weighted by Gasteiger charge is 2.39. The highest BCUT2D eigenvalue weighted by Crippen LogP contribution is 2.41. The number of rotatable bonds is 6. The molecule has 3 aromatic carbocycles. The van der Waals surface area contributed by atoms with Crippen LogP contribution < -0.4 is 5.73 Å². The lowest BCUT2D eigenvalue weighted by molar-refractivity contribution is 0.503. The highest BCUT2D eigenvalue weighted by atomic mass is 15.1. The summed E-state index contributed by atoms with van der Waals surface area (Å²) in [4.78, 5) is 4.78. The van der Waals surface area contributed by atoms with Gasteiger partial charge in [-0.25, -0.2) is 4.98 Å². The van der Waals surface area contributed by atoms with Crippen molar-refractivity contribution in [1.29, 1.82) is 0 Å². The molecule has 0 saturated heterocycles. The van der Waals surface area contributed by atoms with Crippen molar-refractivity contribution < 1.29 is 0 Å². The molecule has 0 atom stereocenters. The summed E-state index contributed by atoms with van der Waals surface area (Å²) in [6.07, 6.45) is 4.10. The van der Waals surface area contributed by atoms with Crippen LogP contribution in [0.1, 0.15) is 36.2 Å². The van der Waals surface area contributed by atoms with Gasteiger partial charge in [0.2, 0.25) is 0 Å². The van der Waals surface area contributed by atoms with Gasteiger partial charge in [0, 0.05) is 18.2 Å². The van der Waals surface area contributed by atoms with Gasteiger partial charge in [0.1, 0.15) is 5.54 Å². The number of nitrogens with zero attached hydrogens (tertiary/aromatic N) is 2. The van der Waals surface area contributed by atoms with Gasteiger partial charge in [-0.1, -0.05) is 105 Å². The van der Waals surface area contributed by atoms with E-state index in [1.54, 1.807) is 0 Å². The summed E-state index contributed by atoms with van der Waals surface area (Å²) in [5, 5.41) is 0. The van der Waals surface area contributed by atoms with Crippen LogP contribution in [0.15, 0.2) is 104 Å². The summed E-state index contributed by atoms with van der Waals surface area (Å²) in [5.74, 6) is 0. The molecular formula is C26H27N3. The molecule has 0 radical (unpaired) electrons. The van der Waals surface area contributed by atoms with E-state index in [4.69, 9.17) is 10.7 Å². The fourth-order valence-electron chi connectivity index (χ4n) is 3.95. The number of aromatic nitrogens is 2. The second kappa shape index (κ2) is 7.69. The first-order valence-electron chi connectivity index (χ1n) is 10.0. The molecule has 146 valence electrons. The Kier molecular flexibility index (Phi) is 5.08. The van der Waals surface area contributed by atoms with Gasteiger partial charge in [-0.3, -0.25) is 0 Å². The average molecular weight is 382 g/mol. The lowest BCUT2D eigenvalue weighted by Gasteiger charge is -2.37. The third-order valence-electron chi connectivity index (χ3n) is 5.75. The van der Waals surface area contributed by atoms with Gasteiger partial charge in [-0.05, 0) is 16.7 Å². The van der Waals surface area contributed by atoms with Crippen LogP contribution in [0.5, 0.6) is 0 Å². The van der Waals surface area contributed by atoms with Crippen molar-refractivity contribution in [2.45, 2.75) is 24.8 Å². The Morgan fingerprint density at radius 1 is 0.724 bits per heavy atom. The Labute approximate surface area is 172 Å². The molecule has 0 unspecified atom stereocenters. The van der Waals surface area contributed by atoms with Crippen molar-refractivity contribution in [2.24, 2.45) is 5.73 Å². The van der Waals surface area contributed by atoms with Crippen LogP contribution in [-0.2, 0) is 11.0 Å². The molecule has 1 aromatic heterocycles. The van der Waals surface area contributed by atoms with Crippen LogP contribution in [0.3, 0.4) is 0 Å². The lowest BCUT2D eigenvalue weighted by Crippen LogP contribution is -2.37. The van der Waals surface area contributed by atoms with E-state index < -0.39 is 5.54 Å². The number of imidazole rings is 1. The van der Waals surface area contributed by atoms with Gasteiger partial charge in [0.25, 0.3) is 0 Å². The topological polar surface area (TPSA) is 43.8 Å². The molecule has 0 spiro atoms. The highest BCUT2D eigenvalue weighted by molar-refractivity contribution is 5.50. The third kappa shape index (κ3) is 3.28. The molecule has 2 N–H and O–H groups in total. The Balaban J connectivity index is 2.07. The van der Waals surface area contributed by atoms with Gasteiger partial charge < -0.3 is 10.3 Å². The van der Waals surface area contributed by atoms with Gasteiger partial charge >= 0.3 is 0 Å². The zero-order chi connectivity index (χ0) is 20.3. The van der Waals surface area contributed by atoms with Crippen LogP contribution in [0.2, 0.25) is 0 Å². The average Bonchev–Trinajstić information content (AvgIpc) is 3.28. The molecule has 4 aromatic rings. The summed E-state index contributed by atoms with van der Waals surface area (Å²) in [6.45, 7) is 4.81. The minimum Gasteiger partial charge on any atom is -0.330 e. The summed E-state index contributed by atoms with van der Waals surface area (Å²) < 4.78 is 2.24. The van der Waals surface area contributed by atoms with Gasteiger partial charge in [-0.2, -0.15) is 0 Å². The number of benzene rings is 3. The van der Waals surface area contributed by atoms with Crippen molar-refractivity contribution in [1.82, 2.24) is 9.55 Å². The molecule has 0 fully saturated rings. The number of nitrogens with two attached hydrogens (primary N) is 1. The van der Waals surface area contributed by atoms with Crippen molar-refractivity contribution in [3.63, 3.8) is 0 Å². The summed E-state index contributed by atoms with van der Waals surface area (Å²) >= 11 is 0. The Morgan fingerprint density at radius 3 is 1.52 bits per heavy atom. The number of hydrogen-bond acceptors (Lipinski definition) is 2. The monoisotopic (exact) mass is 381 g/mol. The maximum atomic E-state index is 6.04. The zero-order valence-corrected chi connectivity index (χ0v) is 17.0. The fraction of sp³-hybridized carbons (Fsp3) is 0.192. The second-order valence-corrected chi connectivity index (χ2v) is 8.06. The molecule has 1 heterocycles. The Hall–Kier alpha value is -3.17. The third-order valence-corrected chi connectivity index (χ3v) is 5.75. The molecule has 0 amide bonds. The summed E-state index contributed by atoms with van der Waals surface area (Å²) in [7, 11) is 0. The summed E-state index contributed by atoms with van der Waals surface area (Å²) in [6, 6.07) is 31.9. The second-order valence-electron chi connectivity index (χ2n) is 8.06. The molecule has 0 aliphatic heterocycles. The van der Waals surface area contributed by atoms with Crippen LogP contribution in [0.25, 0.3) is 0 Å². The molecule has 4 rings (SSSR count). The zero-order valence-electron chi connectivity index (χ0n) is 17.0. The Morgan fingerprint density at radius 2 is 1.14 bits per heavy atom. The van der Waals surface area contributed by atoms with Crippen LogP contribution in [-0.4, -0.2) is 16.1 Å². The Bertz CT molecular complexity index is 954. The van der Waals surface area contributed by atoms with Crippen molar-refractivity contribution in [2.75, 3.05) is 6.54 Å². The minimum atomic E-state index is -0.528. The van der Waals surface area contributed by atoms with Gasteiger partial charge in [0.05, 0.1) is 12.0 Å². The molecule has 0 saturated carbocycles. The predicted molar refractivity (Wildman–Crippen MR) is 119 cm³/mol. The van der Waals surface area contributed by atoms with Gasteiger partial charge in [-0.15, -0.1) is 0 Å². The molecule has 3 nitrogen and oxygen atoms in total. The smallest absolute Gasteiger partial charge is 0.121 e. The van der Waals surface area contributed by atoms with Crippen LogP contribution >= 0.6 is 0 Å².